The van der Waals surface area contributed by atoms with Crippen LogP contribution >= 0.6 is 0 Å². The normalized spacial score (nSPS) is 13.2. The van der Waals surface area contributed by atoms with E-state index in [1.54, 1.807) is 0 Å². The van der Waals surface area contributed by atoms with E-state index in [4.69, 9.17) is 0 Å². The van der Waals surface area contributed by atoms with Gasteiger partial charge in [0.05, 0.1) is 11.0 Å². The summed E-state index contributed by atoms with van der Waals surface area (Å²) in [7, 11) is 1.98. The van der Waals surface area contributed by atoms with Crippen molar-refractivity contribution in [3.05, 3.63) is 30.1 Å². The number of aromatic nitrogens is 2. The minimum atomic E-state index is 0.477. The number of hydrogen-bond donors (Lipinski definition) is 2. The second-order valence-electron chi connectivity index (χ2n) is 3.93. The van der Waals surface area contributed by atoms with Crippen LogP contribution in [0.3, 0.4) is 0 Å². The van der Waals surface area contributed by atoms with E-state index in [0.29, 0.717) is 5.92 Å². The quantitative estimate of drug-likeness (QED) is 0.800. The Morgan fingerprint density at radius 3 is 2.93 bits per heavy atom. The molecule has 3 heteroatoms. The highest BCUT2D eigenvalue weighted by Crippen LogP contribution is 2.19. The van der Waals surface area contributed by atoms with Gasteiger partial charge in [-0.05, 0) is 32.1 Å². The van der Waals surface area contributed by atoms with Crippen molar-refractivity contribution in [3.63, 3.8) is 0 Å². The fraction of sp³-hybridized carbons (Fsp3) is 0.417. The van der Waals surface area contributed by atoms with Crippen LogP contribution in [-0.2, 0) is 0 Å². The summed E-state index contributed by atoms with van der Waals surface area (Å²) in [6.45, 7) is 3.23. The number of nitrogens with one attached hydrogen (secondary N) is 2. The summed E-state index contributed by atoms with van der Waals surface area (Å²) in [5, 5.41) is 3.16. The smallest absolute Gasteiger partial charge is 0.110 e. The molecule has 1 atom stereocenters. The zero-order valence-corrected chi connectivity index (χ0v) is 9.25. The Labute approximate surface area is 89.9 Å². The van der Waals surface area contributed by atoms with E-state index in [1.165, 1.54) is 0 Å². The molecule has 1 unspecified atom stereocenters. The molecule has 0 bridgehead atoms. The van der Waals surface area contributed by atoms with Crippen LogP contribution in [0.1, 0.15) is 25.1 Å². The topological polar surface area (TPSA) is 40.7 Å². The minimum absolute atomic E-state index is 0.477. The molecule has 0 fully saturated rings. The Morgan fingerprint density at radius 2 is 2.20 bits per heavy atom. The molecule has 3 nitrogen and oxygen atoms in total. The lowest BCUT2D eigenvalue weighted by Crippen LogP contribution is -2.11. The van der Waals surface area contributed by atoms with Gasteiger partial charge in [0, 0.05) is 5.92 Å². The molecule has 1 aromatic carbocycles. The summed E-state index contributed by atoms with van der Waals surface area (Å²) in [5.74, 6) is 1.57. The maximum atomic E-state index is 4.58. The first-order chi connectivity index (χ1) is 7.31. The van der Waals surface area contributed by atoms with Gasteiger partial charge in [-0.1, -0.05) is 19.1 Å². The monoisotopic (exact) mass is 203 g/mol. The van der Waals surface area contributed by atoms with Gasteiger partial charge in [-0.15, -0.1) is 0 Å². The van der Waals surface area contributed by atoms with Crippen molar-refractivity contribution >= 4 is 11.0 Å². The van der Waals surface area contributed by atoms with Gasteiger partial charge >= 0.3 is 0 Å². The second kappa shape index (κ2) is 4.45. The number of imidazole rings is 1. The summed E-state index contributed by atoms with van der Waals surface area (Å²) in [5.41, 5.74) is 2.19. The summed E-state index contributed by atoms with van der Waals surface area (Å²) in [6.07, 6.45) is 1.11. The van der Waals surface area contributed by atoms with Crippen LogP contribution in [0.5, 0.6) is 0 Å². The van der Waals surface area contributed by atoms with E-state index >= 15 is 0 Å². The van der Waals surface area contributed by atoms with Gasteiger partial charge in [0.15, 0.2) is 0 Å². The molecule has 0 aliphatic carbocycles. The summed E-state index contributed by atoms with van der Waals surface area (Å²) < 4.78 is 0. The van der Waals surface area contributed by atoms with Crippen molar-refractivity contribution in [2.75, 3.05) is 13.6 Å². The molecule has 80 valence electrons. The average molecular weight is 203 g/mol. The molecular weight excluding hydrogens is 186 g/mol. The first-order valence-corrected chi connectivity index (χ1v) is 5.40. The molecule has 2 rings (SSSR count). The molecule has 0 aliphatic rings. The van der Waals surface area contributed by atoms with Gasteiger partial charge < -0.3 is 10.3 Å². The van der Waals surface area contributed by atoms with E-state index < -0.39 is 0 Å². The number of benzene rings is 1. The first kappa shape index (κ1) is 10.2. The number of para-hydroxylation sites is 2. The number of rotatable bonds is 4. The number of nitrogens with zero attached hydrogens (tertiary/aromatic N) is 1. The Balaban J connectivity index is 2.20. The molecule has 1 aromatic heterocycles. The molecule has 2 N–H and O–H groups in total. The Kier molecular flexibility index (Phi) is 3.02. The second-order valence-corrected chi connectivity index (χ2v) is 3.93. The maximum absolute atomic E-state index is 4.58. The Hall–Kier alpha value is -1.35. The third kappa shape index (κ3) is 2.18. The molecule has 2 aromatic rings. The predicted octanol–water partition coefficient (Wildman–Crippen LogP) is 2.28. The van der Waals surface area contributed by atoms with Gasteiger partial charge in [0.1, 0.15) is 5.82 Å². The van der Waals surface area contributed by atoms with Crippen LogP contribution in [0.25, 0.3) is 11.0 Å². The van der Waals surface area contributed by atoms with E-state index in [2.05, 4.69) is 28.3 Å². The third-order valence-corrected chi connectivity index (χ3v) is 2.70. The molecule has 0 saturated heterocycles. The van der Waals surface area contributed by atoms with Gasteiger partial charge in [-0.3, -0.25) is 0 Å². The van der Waals surface area contributed by atoms with Gasteiger partial charge in [0.25, 0.3) is 0 Å². The lowest BCUT2D eigenvalue weighted by molar-refractivity contribution is 0.614. The molecule has 1 heterocycles. The van der Waals surface area contributed by atoms with Crippen molar-refractivity contribution in [2.45, 2.75) is 19.3 Å². The zero-order valence-electron chi connectivity index (χ0n) is 9.25. The van der Waals surface area contributed by atoms with Crippen LogP contribution in [0.2, 0.25) is 0 Å². The fourth-order valence-electron chi connectivity index (χ4n) is 1.70. The fourth-order valence-corrected chi connectivity index (χ4v) is 1.70. The van der Waals surface area contributed by atoms with E-state index in [1.807, 2.05) is 25.2 Å². The molecule has 15 heavy (non-hydrogen) atoms. The highest BCUT2D eigenvalue weighted by Gasteiger charge is 2.09. The van der Waals surface area contributed by atoms with Crippen LogP contribution in [-0.4, -0.2) is 23.6 Å². The number of H-pyrrole nitrogens is 1. The van der Waals surface area contributed by atoms with Crippen LogP contribution in [0.15, 0.2) is 24.3 Å². The predicted molar refractivity (Wildman–Crippen MR) is 63.1 cm³/mol. The first-order valence-electron chi connectivity index (χ1n) is 5.40. The number of fused-ring (bicyclic) bond motifs is 1. The van der Waals surface area contributed by atoms with Crippen molar-refractivity contribution in [2.24, 2.45) is 0 Å². The largest absolute Gasteiger partial charge is 0.342 e. The standard InChI is InChI=1S/C12H17N3/c1-9(7-8-13-2)12-14-10-5-3-4-6-11(10)15-12/h3-6,9,13H,7-8H2,1-2H3,(H,14,15). The van der Waals surface area contributed by atoms with E-state index in [9.17, 15) is 0 Å². The molecule has 0 saturated carbocycles. The van der Waals surface area contributed by atoms with Crippen LogP contribution in [0, 0.1) is 0 Å². The lowest BCUT2D eigenvalue weighted by Gasteiger charge is -2.06. The van der Waals surface area contributed by atoms with Gasteiger partial charge in [0.2, 0.25) is 0 Å². The third-order valence-electron chi connectivity index (χ3n) is 2.70. The van der Waals surface area contributed by atoms with Crippen LogP contribution < -0.4 is 5.32 Å². The summed E-state index contributed by atoms with van der Waals surface area (Å²) >= 11 is 0. The molecule has 0 amide bonds. The van der Waals surface area contributed by atoms with Gasteiger partial charge in [-0.25, -0.2) is 4.98 Å². The van der Waals surface area contributed by atoms with Crippen molar-refractivity contribution in [1.29, 1.82) is 0 Å². The number of hydrogen-bond acceptors (Lipinski definition) is 2. The highest BCUT2D eigenvalue weighted by atomic mass is 14.9. The van der Waals surface area contributed by atoms with Gasteiger partial charge in [-0.2, -0.15) is 0 Å². The summed E-state index contributed by atoms with van der Waals surface area (Å²) in [4.78, 5) is 7.95. The Morgan fingerprint density at radius 1 is 1.40 bits per heavy atom. The molecular formula is C12H17N3. The maximum Gasteiger partial charge on any atom is 0.110 e. The summed E-state index contributed by atoms with van der Waals surface area (Å²) in [6, 6.07) is 8.16. The van der Waals surface area contributed by atoms with Crippen molar-refractivity contribution < 1.29 is 0 Å². The highest BCUT2D eigenvalue weighted by molar-refractivity contribution is 5.74. The molecule has 0 aliphatic heterocycles. The van der Waals surface area contributed by atoms with E-state index in [-0.39, 0.29) is 0 Å². The SMILES string of the molecule is CNCCC(C)c1nc2ccccc2[nH]1. The molecule has 0 spiro atoms. The molecule has 0 radical (unpaired) electrons. The van der Waals surface area contributed by atoms with Crippen molar-refractivity contribution in [3.8, 4) is 0 Å². The average Bonchev–Trinajstić information content (AvgIpc) is 2.69. The zero-order chi connectivity index (χ0) is 10.7. The Bertz CT molecular complexity index is 400. The van der Waals surface area contributed by atoms with E-state index in [0.717, 1.165) is 29.8 Å². The lowest BCUT2D eigenvalue weighted by atomic mass is 10.1. The number of aromatic amines is 1. The van der Waals surface area contributed by atoms with Crippen molar-refractivity contribution in [1.82, 2.24) is 15.3 Å². The minimum Gasteiger partial charge on any atom is -0.342 e. The van der Waals surface area contributed by atoms with Crippen LogP contribution in [0.4, 0.5) is 0 Å².